The molecule has 0 aromatic rings. The fourth-order valence-corrected chi connectivity index (χ4v) is 2.34. The molecule has 0 aliphatic carbocycles. The van der Waals surface area contributed by atoms with Gasteiger partial charge in [0, 0.05) is 26.3 Å². The largest absolute Gasteiger partial charge is 0.384 e. The van der Waals surface area contributed by atoms with Crippen molar-refractivity contribution in [3.8, 4) is 0 Å². The minimum absolute atomic E-state index is 0.620. The molecule has 0 radical (unpaired) electrons. The fraction of sp³-hybridized carbons (Fsp3) is 1.00. The summed E-state index contributed by atoms with van der Waals surface area (Å²) >= 11 is 0. The zero-order chi connectivity index (χ0) is 13.6. The van der Waals surface area contributed by atoms with E-state index in [2.05, 4.69) is 26.1 Å². The van der Waals surface area contributed by atoms with Gasteiger partial charge < -0.3 is 10.1 Å². The molecule has 0 rings (SSSR count). The molecule has 0 aliphatic rings. The summed E-state index contributed by atoms with van der Waals surface area (Å²) in [4.78, 5) is 0. The maximum Gasteiger partial charge on any atom is 0.0499 e. The van der Waals surface area contributed by atoms with Crippen molar-refractivity contribution in [3.63, 3.8) is 0 Å². The van der Waals surface area contributed by atoms with Gasteiger partial charge in [0.15, 0.2) is 0 Å². The highest BCUT2D eigenvalue weighted by Gasteiger charge is 2.09. The number of unbranched alkanes of at least 4 members (excludes halogenated alkanes) is 4. The molecule has 0 amide bonds. The highest BCUT2D eigenvalue weighted by Crippen LogP contribution is 2.11. The Hall–Kier alpha value is -0.0800. The van der Waals surface area contributed by atoms with Gasteiger partial charge in [-0.15, -0.1) is 0 Å². The van der Waals surface area contributed by atoms with Crippen LogP contribution in [-0.2, 0) is 4.74 Å². The lowest BCUT2D eigenvalue weighted by molar-refractivity contribution is 0.156. The molecule has 0 heterocycles. The molecular formula is C16H35NO. The van der Waals surface area contributed by atoms with Crippen molar-refractivity contribution in [1.82, 2.24) is 5.32 Å². The second kappa shape index (κ2) is 13.4. The Kier molecular flexibility index (Phi) is 13.3. The molecule has 2 nitrogen and oxygen atoms in total. The van der Waals surface area contributed by atoms with Crippen LogP contribution in [0.1, 0.15) is 72.1 Å². The molecule has 0 aromatic carbocycles. The highest BCUT2D eigenvalue weighted by molar-refractivity contribution is 4.69. The molecule has 18 heavy (non-hydrogen) atoms. The smallest absolute Gasteiger partial charge is 0.0499 e. The summed E-state index contributed by atoms with van der Waals surface area (Å²) < 4.78 is 5.19. The van der Waals surface area contributed by atoms with Gasteiger partial charge in [-0.1, -0.05) is 59.3 Å². The Labute approximate surface area is 115 Å². The Morgan fingerprint density at radius 1 is 0.944 bits per heavy atom. The van der Waals surface area contributed by atoms with E-state index >= 15 is 0 Å². The number of hydrogen-bond donors (Lipinski definition) is 1. The van der Waals surface area contributed by atoms with E-state index in [1.165, 1.54) is 51.4 Å². The van der Waals surface area contributed by atoms with Crippen molar-refractivity contribution in [2.45, 2.75) is 78.2 Å². The molecule has 110 valence electrons. The van der Waals surface area contributed by atoms with Crippen LogP contribution < -0.4 is 5.32 Å². The Morgan fingerprint density at radius 2 is 1.50 bits per heavy atom. The van der Waals surface area contributed by atoms with E-state index in [-0.39, 0.29) is 0 Å². The van der Waals surface area contributed by atoms with Crippen LogP contribution in [0.4, 0.5) is 0 Å². The lowest BCUT2D eigenvalue weighted by atomic mass is 10.0. The van der Waals surface area contributed by atoms with E-state index in [1.54, 1.807) is 7.11 Å². The van der Waals surface area contributed by atoms with Crippen molar-refractivity contribution >= 4 is 0 Å². The number of nitrogens with one attached hydrogen (secondary N) is 1. The van der Waals surface area contributed by atoms with Gasteiger partial charge in [-0.05, 0) is 18.8 Å². The molecule has 0 bridgehead atoms. The minimum Gasteiger partial charge on any atom is -0.384 e. The lowest BCUT2D eigenvalue weighted by Crippen LogP contribution is -2.34. The average Bonchev–Trinajstić information content (AvgIpc) is 2.36. The van der Waals surface area contributed by atoms with Crippen LogP contribution in [0, 0.1) is 5.92 Å². The highest BCUT2D eigenvalue weighted by atomic mass is 16.5. The maximum absolute atomic E-state index is 5.19. The van der Waals surface area contributed by atoms with E-state index in [1.807, 2.05) is 0 Å². The van der Waals surface area contributed by atoms with Crippen molar-refractivity contribution < 1.29 is 4.74 Å². The van der Waals surface area contributed by atoms with Crippen molar-refractivity contribution in [2.75, 3.05) is 20.3 Å². The number of hydrogen-bond acceptors (Lipinski definition) is 2. The Morgan fingerprint density at radius 3 is 1.94 bits per heavy atom. The van der Waals surface area contributed by atoms with Crippen LogP contribution in [0.25, 0.3) is 0 Å². The summed E-state index contributed by atoms with van der Waals surface area (Å²) in [6.07, 6.45) is 10.8. The lowest BCUT2D eigenvalue weighted by Gasteiger charge is -2.21. The number of methoxy groups -OCH3 is 1. The third-order valence-electron chi connectivity index (χ3n) is 3.52. The predicted octanol–water partition coefficient (Wildman–Crippen LogP) is 4.39. The number of ether oxygens (including phenoxy) is 1. The van der Waals surface area contributed by atoms with E-state index in [4.69, 9.17) is 4.74 Å². The molecule has 1 N–H and O–H groups in total. The molecule has 0 aromatic heterocycles. The van der Waals surface area contributed by atoms with Crippen LogP contribution in [0.5, 0.6) is 0 Å². The molecular weight excluding hydrogens is 222 g/mol. The summed E-state index contributed by atoms with van der Waals surface area (Å²) in [6, 6.07) is 0.724. The summed E-state index contributed by atoms with van der Waals surface area (Å²) in [5, 5.41) is 3.74. The first-order valence-corrected chi connectivity index (χ1v) is 7.96. The molecule has 2 heteroatoms. The van der Waals surface area contributed by atoms with Gasteiger partial charge >= 0.3 is 0 Å². The quantitative estimate of drug-likeness (QED) is 0.494. The summed E-state index contributed by atoms with van der Waals surface area (Å²) in [6.45, 7) is 8.77. The Balaban J connectivity index is 3.79. The van der Waals surface area contributed by atoms with Gasteiger partial charge in [-0.3, -0.25) is 0 Å². The summed E-state index contributed by atoms with van der Waals surface area (Å²) in [5.41, 5.74) is 0. The van der Waals surface area contributed by atoms with Crippen molar-refractivity contribution in [2.24, 2.45) is 5.92 Å². The molecule has 1 atom stereocenters. The van der Waals surface area contributed by atoms with Gasteiger partial charge in [0.1, 0.15) is 0 Å². The monoisotopic (exact) mass is 257 g/mol. The molecule has 0 fully saturated rings. The van der Waals surface area contributed by atoms with Crippen LogP contribution in [-0.4, -0.2) is 26.3 Å². The molecule has 0 saturated heterocycles. The molecule has 1 unspecified atom stereocenters. The first kappa shape index (κ1) is 17.9. The summed E-state index contributed by atoms with van der Waals surface area (Å²) in [7, 11) is 1.79. The van der Waals surface area contributed by atoms with Gasteiger partial charge in [-0.2, -0.15) is 0 Å². The summed E-state index contributed by atoms with van der Waals surface area (Å²) in [5.74, 6) is 0.620. The van der Waals surface area contributed by atoms with E-state index in [0.29, 0.717) is 5.92 Å². The average molecular weight is 257 g/mol. The second-order valence-electron chi connectivity index (χ2n) is 5.66. The zero-order valence-corrected chi connectivity index (χ0v) is 13.1. The van der Waals surface area contributed by atoms with E-state index in [9.17, 15) is 0 Å². The number of rotatable bonds is 13. The van der Waals surface area contributed by atoms with Gasteiger partial charge in [0.2, 0.25) is 0 Å². The van der Waals surface area contributed by atoms with Crippen LogP contribution >= 0.6 is 0 Å². The third-order valence-corrected chi connectivity index (χ3v) is 3.52. The minimum atomic E-state index is 0.620. The van der Waals surface area contributed by atoms with Crippen molar-refractivity contribution in [1.29, 1.82) is 0 Å². The van der Waals surface area contributed by atoms with Crippen LogP contribution in [0.3, 0.4) is 0 Å². The first-order chi connectivity index (χ1) is 8.74. The molecule has 0 spiro atoms. The van der Waals surface area contributed by atoms with E-state index < -0.39 is 0 Å². The van der Waals surface area contributed by atoms with Crippen LogP contribution in [0.15, 0.2) is 0 Å². The van der Waals surface area contributed by atoms with Crippen LogP contribution in [0.2, 0.25) is 0 Å². The molecule has 0 saturated carbocycles. The first-order valence-electron chi connectivity index (χ1n) is 7.96. The van der Waals surface area contributed by atoms with Gasteiger partial charge in [-0.25, -0.2) is 0 Å². The standard InChI is InChI=1S/C16H35NO/c1-5-7-9-11-16(12-10-8-6-2)17-13-15(3)14-18-4/h15-17H,5-14H2,1-4H3. The van der Waals surface area contributed by atoms with Gasteiger partial charge in [0.05, 0.1) is 0 Å². The second-order valence-corrected chi connectivity index (χ2v) is 5.66. The van der Waals surface area contributed by atoms with Gasteiger partial charge in [0.25, 0.3) is 0 Å². The fourth-order valence-electron chi connectivity index (χ4n) is 2.34. The van der Waals surface area contributed by atoms with Crippen molar-refractivity contribution in [3.05, 3.63) is 0 Å². The predicted molar refractivity (Wildman–Crippen MR) is 81.1 cm³/mol. The normalized spacial score (nSPS) is 13.2. The zero-order valence-electron chi connectivity index (χ0n) is 13.1. The third kappa shape index (κ3) is 11.0. The molecule has 0 aliphatic heterocycles. The Bertz CT molecular complexity index is 151. The maximum atomic E-state index is 5.19. The topological polar surface area (TPSA) is 21.3 Å². The van der Waals surface area contributed by atoms with E-state index in [0.717, 1.165) is 19.2 Å². The SMILES string of the molecule is CCCCCC(CCCCC)NCC(C)COC.